The molecular formula is C10H22N4O4. The highest BCUT2D eigenvalue weighted by molar-refractivity contribution is 5.76. The van der Waals surface area contributed by atoms with Gasteiger partial charge in [-0.1, -0.05) is 0 Å². The van der Waals surface area contributed by atoms with Gasteiger partial charge < -0.3 is 31.5 Å². The van der Waals surface area contributed by atoms with Crippen LogP contribution in [0.25, 0.3) is 0 Å². The van der Waals surface area contributed by atoms with Crippen molar-refractivity contribution in [3.05, 3.63) is 0 Å². The summed E-state index contributed by atoms with van der Waals surface area (Å²) in [5.41, 5.74) is 10.8. The fourth-order valence-electron chi connectivity index (χ4n) is 1.32. The van der Waals surface area contributed by atoms with E-state index in [2.05, 4.69) is 5.32 Å². The van der Waals surface area contributed by atoms with Gasteiger partial charge in [-0.15, -0.1) is 0 Å². The fraction of sp³-hybridized carbons (Fsp3) is 0.800. The van der Waals surface area contributed by atoms with E-state index in [1.165, 1.54) is 0 Å². The minimum Gasteiger partial charge on any atom is -0.465 e. The number of carbonyl (C=O) groups is 2. The third kappa shape index (κ3) is 8.74. The van der Waals surface area contributed by atoms with Crippen molar-refractivity contribution in [2.75, 3.05) is 45.9 Å². The van der Waals surface area contributed by atoms with Gasteiger partial charge in [0.2, 0.25) is 5.91 Å². The maximum absolute atomic E-state index is 11.7. The van der Waals surface area contributed by atoms with E-state index in [9.17, 15) is 9.59 Å². The molecule has 0 rings (SSSR count). The van der Waals surface area contributed by atoms with Crippen LogP contribution in [0.1, 0.15) is 6.42 Å². The second-order valence-corrected chi connectivity index (χ2v) is 3.55. The van der Waals surface area contributed by atoms with Crippen LogP contribution in [-0.4, -0.2) is 67.9 Å². The summed E-state index contributed by atoms with van der Waals surface area (Å²) in [6.45, 7) is 2.47. The van der Waals surface area contributed by atoms with E-state index in [1.54, 1.807) is 4.90 Å². The van der Waals surface area contributed by atoms with E-state index in [4.69, 9.17) is 21.3 Å². The SMILES string of the molecule is NCCN(CCN)C(=O)CCOCCNC(=O)O. The summed E-state index contributed by atoms with van der Waals surface area (Å²) < 4.78 is 5.13. The number of nitrogens with zero attached hydrogens (tertiary/aromatic N) is 1. The van der Waals surface area contributed by atoms with Crippen LogP contribution in [0.5, 0.6) is 0 Å². The fourth-order valence-corrected chi connectivity index (χ4v) is 1.32. The van der Waals surface area contributed by atoms with Crippen molar-refractivity contribution >= 4 is 12.0 Å². The van der Waals surface area contributed by atoms with Crippen LogP contribution in [0.2, 0.25) is 0 Å². The maximum atomic E-state index is 11.7. The lowest BCUT2D eigenvalue weighted by Gasteiger charge is -2.21. The van der Waals surface area contributed by atoms with E-state index < -0.39 is 6.09 Å². The molecule has 6 N–H and O–H groups in total. The van der Waals surface area contributed by atoms with Crippen LogP contribution < -0.4 is 16.8 Å². The molecule has 2 amide bonds. The van der Waals surface area contributed by atoms with Crippen LogP contribution in [0.4, 0.5) is 4.79 Å². The molecular weight excluding hydrogens is 240 g/mol. The topological polar surface area (TPSA) is 131 Å². The van der Waals surface area contributed by atoms with Crippen LogP contribution in [-0.2, 0) is 9.53 Å². The Hall–Kier alpha value is -1.38. The summed E-state index contributed by atoms with van der Waals surface area (Å²) in [5.74, 6) is -0.0582. The van der Waals surface area contributed by atoms with Gasteiger partial charge in [-0.05, 0) is 0 Å². The molecule has 8 heteroatoms. The van der Waals surface area contributed by atoms with Crippen LogP contribution in [0, 0.1) is 0 Å². The third-order valence-corrected chi connectivity index (χ3v) is 2.13. The molecule has 18 heavy (non-hydrogen) atoms. The highest BCUT2D eigenvalue weighted by Gasteiger charge is 2.11. The average Bonchev–Trinajstić information content (AvgIpc) is 2.32. The van der Waals surface area contributed by atoms with Crippen molar-refractivity contribution < 1.29 is 19.4 Å². The van der Waals surface area contributed by atoms with E-state index in [0.717, 1.165) is 0 Å². The Kier molecular flexibility index (Phi) is 9.93. The number of nitrogens with two attached hydrogens (primary N) is 2. The first-order chi connectivity index (χ1) is 8.61. The lowest BCUT2D eigenvalue weighted by Crippen LogP contribution is -2.39. The van der Waals surface area contributed by atoms with Crippen LogP contribution in [0.3, 0.4) is 0 Å². The number of carboxylic acid groups (broad SMARTS) is 1. The molecule has 0 bridgehead atoms. The molecule has 0 unspecified atom stereocenters. The van der Waals surface area contributed by atoms with E-state index in [0.29, 0.717) is 26.2 Å². The summed E-state index contributed by atoms with van der Waals surface area (Å²) in [6.07, 6.45) is -0.848. The molecule has 0 aliphatic carbocycles. The summed E-state index contributed by atoms with van der Waals surface area (Å²) >= 11 is 0. The molecule has 0 aromatic carbocycles. The first-order valence-corrected chi connectivity index (χ1v) is 5.84. The summed E-state index contributed by atoms with van der Waals surface area (Å²) in [7, 11) is 0. The summed E-state index contributed by atoms with van der Waals surface area (Å²) in [6, 6.07) is 0. The van der Waals surface area contributed by atoms with Gasteiger partial charge in [-0.2, -0.15) is 0 Å². The normalized spacial score (nSPS) is 10.1. The second-order valence-electron chi connectivity index (χ2n) is 3.55. The second kappa shape index (κ2) is 10.8. The molecule has 0 saturated carbocycles. The standard InChI is InChI=1S/C10H22N4O4/c11-2-5-14(6-3-12)9(15)1-7-18-8-4-13-10(16)17/h13H,1-8,11-12H2,(H,16,17). The highest BCUT2D eigenvalue weighted by Crippen LogP contribution is 1.94. The van der Waals surface area contributed by atoms with Crippen molar-refractivity contribution in [2.24, 2.45) is 11.5 Å². The monoisotopic (exact) mass is 262 g/mol. The Morgan fingerprint density at radius 2 is 1.78 bits per heavy atom. The molecule has 0 heterocycles. The van der Waals surface area contributed by atoms with Crippen LogP contribution in [0.15, 0.2) is 0 Å². The molecule has 0 spiro atoms. The lowest BCUT2D eigenvalue weighted by atomic mass is 10.3. The average molecular weight is 262 g/mol. The van der Waals surface area contributed by atoms with Crippen molar-refractivity contribution in [3.8, 4) is 0 Å². The first kappa shape index (κ1) is 16.6. The zero-order chi connectivity index (χ0) is 13.8. The quantitative estimate of drug-likeness (QED) is 0.351. The number of amides is 2. The first-order valence-electron chi connectivity index (χ1n) is 5.84. The maximum Gasteiger partial charge on any atom is 0.404 e. The van der Waals surface area contributed by atoms with Crippen molar-refractivity contribution in [1.82, 2.24) is 10.2 Å². The molecule has 0 aliphatic rings. The molecule has 0 fully saturated rings. The van der Waals surface area contributed by atoms with Gasteiger partial charge in [0.15, 0.2) is 0 Å². The number of hydrogen-bond donors (Lipinski definition) is 4. The van der Waals surface area contributed by atoms with Gasteiger partial charge in [0, 0.05) is 32.7 Å². The predicted octanol–water partition coefficient (Wildman–Crippen LogP) is -1.59. The minimum absolute atomic E-state index is 0.0582. The third-order valence-electron chi connectivity index (χ3n) is 2.13. The molecule has 0 radical (unpaired) electrons. The van der Waals surface area contributed by atoms with E-state index >= 15 is 0 Å². The van der Waals surface area contributed by atoms with Crippen molar-refractivity contribution in [2.45, 2.75) is 6.42 Å². The molecule has 106 valence electrons. The van der Waals surface area contributed by atoms with Crippen molar-refractivity contribution in [3.63, 3.8) is 0 Å². The van der Waals surface area contributed by atoms with E-state index in [-0.39, 0.29) is 32.1 Å². The van der Waals surface area contributed by atoms with Gasteiger partial charge in [0.1, 0.15) is 0 Å². The number of ether oxygens (including phenoxy) is 1. The Morgan fingerprint density at radius 1 is 1.17 bits per heavy atom. The summed E-state index contributed by atoms with van der Waals surface area (Å²) in [5, 5.41) is 10.5. The lowest BCUT2D eigenvalue weighted by molar-refractivity contribution is -0.132. The number of hydrogen-bond acceptors (Lipinski definition) is 5. The zero-order valence-electron chi connectivity index (χ0n) is 10.4. The zero-order valence-corrected chi connectivity index (χ0v) is 10.4. The smallest absolute Gasteiger partial charge is 0.404 e. The summed E-state index contributed by atoms with van der Waals surface area (Å²) in [4.78, 5) is 23.4. The van der Waals surface area contributed by atoms with Crippen LogP contribution >= 0.6 is 0 Å². The molecule has 0 saturated heterocycles. The molecule has 0 aromatic heterocycles. The molecule has 0 aromatic rings. The van der Waals surface area contributed by atoms with E-state index in [1.807, 2.05) is 0 Å². The van der Waals surface area contributed by atoms with Gasteiger partial charge in [0.05, 0.1) is 19.6 Å². The largest absolute Gasteiger partial charge is 0.465 e. The molecule has 0 atom stereocenters. The number of nitrogens with one attached hydrogen (secondary N) is 1. The highest BCUT2D eigenvalue weighted by atomic mass is 16.5. The Balaban J connectivity index is 3.63. The molecule has 0 aliphatic heterocycles. The van der Waals surface area contributed by atoms with Gasteiger partial charge in [0.25, 0.3) is 0 Å². The molecule has 8 nitrogen and oxygen atoms in total. The number of rotatable bonds is 10. The Bertz CT molecular complexity index is 244. The number of carbonyl (C=O) groups excluding carboxylic acids is 1. The predicted molar refractivity (Wildman–Crippen MR) is 66.2 cm³/mol. The minimum atomic E-state index is -1.09. The van der Waals surface area contributed by atoms with Gasteiger partial charge in [-0.25, -0.2) is 4.79 Å². The van der Waals surface area contributed by atoms with Gasteiger partial charge in [-0.3, -0.25) is 4.79 Å². The van der Waals surface area contributed by atoms with Gasteiger partial charge >= 0.3 is 6.09 Å². The Morgan fingerprint density at radius 3 is 2.28 bits per heavy atom. The van der Waals surface area contributed by atoms with Crippen molar-refractivity contribution in [1.29, 1.82) is 0 Å². The Labute approximate surface area is 106 Å².